The Balaban J connectivity index is 2.08. The van der Waals surface area contributed by atoms with Gasteiger partial charge < -0.3 is 0 Å². The van der Waals surface area contributed by atoms with E-state index in [9.17, 15) is 8.78 Å². The summed E-state index contributed by atoms with van der Waals surface area (Å²) in [6.45, 7) is 0. The van der Waals surface area contributed by atoms with E-state index < -0.39 is 11.6 Å². The fraction of sp³-hybridized carbons (Fsp3) is 0.333. The topological polar surface area (TPSA) is 25.8 Å². The van der Waals surface area contributed by atoms with E-state index in [0.29, 0.717) is 16.5 Å². The van der Waals surface area contributed by atoms with Crippen molar-refractivity contribution in [1.29, 1.82) is 0 Å². The Morgan fingerprint density at radius 3 is 2.55 bits per heavy atom. The van der Waals surface area contributed by atoms with Gasteiger partial charge in [-0.1, -0.05) is 18.0 Å². The molecule has 0 amide bonds. The van der Waals surface area contributed by atoms with E-state index in [1.807, 2.05) is 0 Å². The molecule has 0 radical (unpaired) electrons. The maximum atomic E-state index is 13.3. The van der Waals surface area contributed by atoms with Gasteiger partial charge in [-0.15, -0.1) is 0 Å². The second-order valence-electron chi connectivity index (χ2n) is 4.95. The number of nitrogens with zero attached hydrogens (tertiary/aromatic N) is 2. The Hall–Kier alpha value is -1.55. The molecule has 0 bridgehead atoms. The average molecular weight is 295 g/mol. The molecule has 0 N–H and O–H groups in total. The zero-order valence-corrected chi connectivity index (χ0v) is 11.6. The third-order valence-corrected chi connectivity index (χ3v) is 3.87. The Bertz CT molecular complexity index is 659. The standard InChI is InChI=1S/C15H13ClF2N2/c16-14-10-4-2-1-3-5-13(10)19-15(20-14)9-6-7-11(17)12(18)8-9/h6-8H,1-5H2. The number of hydrogen-bond acceptors (Lipinski definition) is 2. The van der Waals surface area contributed by atoms with Crippen molar-refractivity contribution in [2.24, 2.45) is 0 Å². The molecule has 20 heavy (non-hydrogen) atoms. The van der Waals surface area contributed by atoms with Crippen LogP contribution in [0.2, 0.25) is 5.15 Å². The van der Waals surface area contributed by atoms with Crippen molar-refractivity contribution < 1.29 is 8.78 Å². The molecule has 104 valence electrons. The third kappa shape index (κ3) is 2.52. The summed E-state index contributed by atoms with van der Waals surface area (Å²) in [6, 6.07) is 3.64. The minimum absolute atomic E-state index is 0.356. The molecule has 0 spiro atoms. The van der Waals surface area contributed by atoms with Gasteiger partial charge in [-0.25, -0.2) is 18.7 Å². The molecule has 1 heterocycles. The van der Waals surface area contributed by atoms with Crippen molar-refractivity contribution in [3.8, 4) is 11.4 Å². The highest BCUT2D eigenvalue weighted by molar-refractivity contribution is 6.30. The molecule has 0 saturated heterocycles. The number of aryl methyl sites for hydroxylation is 1. The zero-order chi connectivity index (χ0) is 14.1. The maximum absolute atomic E-state index is 13.3. The summed E-state index contributed by atoms with van der Waals surface area (Å²) in [5.74, 6) is -1.43. The van der Waals surface area contributed by atoms with Gasteiger partial charge in [0.2, 0.25) is 0 Å². The van der Waals surface area contributed by atoms with Gasteiger partial charge in [0.05, 0.1) is 0 Å². The maximum Gasteiger partial charge on any atom is 0.161 e. The Labute approximate surface area is 120 Å². The van der Waals surface area contributed by atoms with Gasteiger partial charge in [0, 0.05) is 16.8 Å². The van der Waals surface area contributed by atoms with Crippen molar-refractivity contribution in [3.05, 3.63) is 46.2 Å². The molecule has 5 heteroatoms. The summed E-state index contributed by atoms with van der Waals surface area (Å²) >= 11 is 6.22. The van der Waals surface area contributed by atoms with Gasteiger partial charge in [0.1, 0.15) is 5.15 Å². The van der Waals surface area contributed by atoms with Crippen LogP contribution in [0.3, 0.4) is 0 Å². The van der Waals surface area contributed by atoms with Gasteiger partial charge in [0.25, 0.3) is 0 Å². The van der Waals surface area contributed by atoms with Crippen LogP contribution in [0.15, 0.2) is 18.2 Å². The van der Waals surface area contributed by atoms with Crippen LogP contribution >= 0.6 is 11.6 Å². The van der Waals surface area contributed by atoms with Crippen molar-refractivity contribution in [3.63, 3.8) is 0 Å². The second-order valence-corrected chi connectivity index (χ2v) is 5.31. The average Bonchev–Trinajstić information content (AvgIpc) is 2.67. The SMILES string of the molecule is Fc1ccc(-c2nc(Cl)c3c(n2)CCCCC3)cc1F. The first-order valence-electron chi connectivity index (χ1n) is 6.66. The van der Waals surface area contributed by atoms with Gasteiger partial charge in [0.15, 0.2) is 17.5 Å². The summed E-state index contributed by atoms with van der Waals surface area (Å²) in [7, 11) is 0. The molecule has 1 aromatic heterocycles. The van der Waals surface area contributed by atoms with E-state index in [0.717, 1.165) is 55.5 Å². The Morgan fingerprint density at radius 1 is 0.950 bits per heavy atom. The van der Waals surface area contributed by atoms with Crippen LogP contribution < -0.4 is 0 Å². The Morgan fingerprint density at radius 2 is 1.75 bits per heavy atom. The van der Waals surface area contributed by atoms with Crippen LogP contribution in [-0.4, -0.2) is 9.97 Å². The highest BCUT2D eigenvalue weighted by atomic mass is 35.5. The van der Waals surface area contributed by atoms with E-state index >= 15 is 0 Å². The fourth-order valence-corrected chi connectivity index (χ4v) is 2.77. The van der Waals surface area contributed by atoms with Gasteiger partial charge >= 0.3 is 0 Å². The van der Waals surface area contributed by atoms with Gasteiger partial charge in [-0.2, -0.15) is 0 Å². The first-order valence-corrected chi connectivity index (χ1v) is 7.03. The second kappa shape index (κ2) is 5.44. The largest absolute Gasteiger partial charge is 0.233 e. The number of rotatable bonds is 1. The summed E-state index contributed by atoms with van der Waals surface area (Å²) in [5.41, 5.74) is 2.37. The quantitative estimate of drug-likeness (QED) is 0.577. The lowest BCUT2D eigenvalue weighted by molar-refractivity contribution is 0.509. The van der Waals surface area contributed by atoms with Crippen molar-refractivity contribution in [1.82, 2.24) is 9.97 Å². The number of hydrogen-bond donors (Lipinski definition) is 0. The molecule has 0 fully saturated rings. The lowest BCUT2D eigenvalue weighted by Crippen LogP contribution is -2.02. The lowest BCUT2D eigenvalue weighted by atomic mass is 10.1. The summed E-state index contributed by atoms with van der Waals surface area (Å²) in [4.78, 5) is 8.72. The summed E-state index contributed by atoms with van der Waals surface area (Å²) in [6.07, 6.45) is 5.03. The van der Waals surface area contributed by atoms with E-state index in [1.165, 1.54) is 6.07 Å². The predicted molar refractivity (Wildman–Crippen MR) is 73.7 cm³/mol. The van der Waals surface area contributed by atoms with Crippen molar-refractivity contribution >= 4 is 11.6 Å². The van der Waals surface area contributed by atoms with Crippen molar-refractivity contribution in [2.75, 3.05) is 0 Å². The van der Waals surface area contributed by atoms with E-state index in [4.69, 9.17) is 11.6 Å². The number of fused-ring (bicyclic) bond motifs is 1. The van der Waals surface area contributed by atoms with Crippen LogP contribution in [-0.2, 0) is 12.8 Å². The van der Waals surface area contributed by atoms with E-state index in [2.05, 4.69) is 9.97 Å². The van der Waals surface area contributed by atoms with Crippen LogP contribution in [0.25, 0.3) is 11.4 Å². The minimum Gasteiger partial charge on any atom is -0.233 e. The highest BCUT2D eigenvalue weighted by Gasteiger charge is 2.17. The molecular formula is C15H13ClF2N2. The molecule has 1 aliphatic carbocycles. The monoisotopic (exact) mass is 294 g/mol. The van der Waals surface area contributed by atoms with Crippen LogP contribution in [0, 0.1) is 11.6 Å². The lowest BCUT2D eigenvalue weighted by Gasteiger charge is -2.09. The van der Waals surface area contributed by atoms with E-state index in [1.54, 1.807) is 0 Å². The first-order chi connectivity index (χ1) is 9.65. The normalized spacial score (nSPS) is 14.8. The molecular weight excluding hydrogens is 282 g/mol. The zero-order valence-electron chi connectivity index (χ0n) is 10.8. The van der Waals surface area contributed by atoms with Crippen LogP contribution in [0.5, 0.6) is 0 Å². The number of benzene rings is 1. The number of halogens is 3. The summed E-state index contributed by atoms with van der Waals surface area (Å²) < 4.78 is 26.3. The molecule has 0 atom stereocenters. The molecule has 0 unspecified atom stereocenters. The Kier molecular flexibility index (Phi) is 3.66. The molecule has 2 aromatic rings. The molecule has 1 aromatic carbocycles. The van der Waals surface area contributed by atoms with Gasteiger partial charge in [-0.3, -0.25) is 0 Å². The molecule has 1 aliphatic rings. The van der Waals surface area contributed by atoms with Crippen molar-refractivity contribution in [2.45, 2.75) is 32.1 Å². The third-order valence-electron chi connectivity index (χ3n) is 3.56. The van der Waals surface area contributed by atoms with Crippen LogP contribution in [0.1, 0.15) is 30.5 Å². The van der Waals surface area contributed by atoms with Gasteiger partial charge in [-0.05, 0) is 43.9 Å². The van der Waals surface area contributed by atoms with Crippen LogP contribution in [0.4, 0.5) is 8.78 Å². The predicted octanol–water partition coefficient (Wildman–Crippen LogP) is 4.34. The molecule has 3 rings (SSSR count). The van der Waals surface area contributed by atoms with E-state index in [-0.39, 0.29) is 0 Å². The minimum atomic E-state index is -0.905. The fourth-order valence-electron chi connectivity index (χ4n) is 2.49. The highest BCUT2D eigenvalue weighted by Crippen LogP contribution is 2.28. The molecule has 0 saturated carbocycles. The number of aromatic nitrogens is 2. The first kappa shape index (κ1) is 13.4. The smallest absolute Gasteiger partial charge is 0.161 e. The molecule has 2 nitrogen and oxygen atoms in total. The molecule has 0 aliphatic heterocycles. The summed E-state index contributed by atoms with van der Waals surface area (Å²) in [5, 5.41) is 0.427.